The van der Waals surface area contributed by atoms with E-state index in [4.69, 9.17) is 0 Å². The predicted molar refractivity (Wildman–Crippen MR) is 91.1 cm³/mol. The van der Waals surface area contributed by atoms with Gasteiger partial charge in [-0.05, 0) is 69.7 Å². The summed E-state index contributed by atoms with van der Waals surface area (Å²) in [6, 6.07) is 6.81. The summed E-state index contributed by atoms with van der Waals surface area (Å²) in [6.07, 6.45) is 7.07. The lowest BCUT2D eigenvalue weighted by atomic mass is 9.81. The molecule has 2 fully saturated rings. The number of fused-ring (bicyclic) bond motifs is 1. The Labute approximate surface area is 134 Å². The van der Waals surface area contributed by atoms with Gasteiger partial charge in [0.15, 0.2) is 0 Å². The van der Waals surface area contributed by atoms with E-state index in [1.165, 1.54) is 45.2 Å². The quantitative estimate of drug-likeness (QED) is 0.918. The summed E-state index contributed by atoms with van der Waals surface area (Å²) in [6.45, 7) is 6.59. The van der Waals surface area contributed by atoms with Crippen LogP contribution in [0.2, 0.25) is 0 Å². The summed E-state index contributed by atoms with van der Waals surface area (Å²) < 4.78 is 0. The molecule has 0 saturated carbocycles. The monoisotopic (exact) mass is 300 g/mol. The Bertz CT molecular complexity index is 518. The molecule has 3 nitrogen and oxygen atoms in total. The highest BCUT2D eigenvalue weighted by atomic mass is 16.1. The van der Waals surface area contributed by atoms with Crippen LogP contribution in [0.15, 0.2) is 18.2 Å². The van der Waals surface area contributed by atoms with Gasteiger partial charge in [0.25, 0.3) is 0 Å². The van der Waals surface area contributed by atoms with Crippen molar-refractivity contribution < 1.29 is 4.79 Å². The van der Waals surface area contributed by atoms with E-state index in [2.05, 4.69) is 36.2 Å². The molecule has 2 atom stereocenters. The summed E-state index contributed by atoms with van der Waals surface area (Å²) in [5.74, 6) is 0.730. The van der Waals surface area contributed by atoms with Crippen LogP contribution >= 0.6 is 0 Å². The fourth-order valence-electron chi connectivity index (χ4n) is 4.26. The Balaban J connectivity index is 1.63. The summed E-state index contributed by atoms with van der Waals surface area (Å²) in [5, 5.41) is 3.16. The van der Waals surface area contributed by atoms with Crippen molar-refractivity contribution in [2.75, 3.05) is 18.4 Å². The molecule has 1 aromatic rings. The Morgan fingerprint density at radius 2 is 1.86 bits per heavy atom. The van der Waals surface area contributed by atoms with Crippen LogP contribution in [0.25, 0.3) is 0 Å². The number of piperidine rings is 2. The summed E-state index contributed by atoms with van der Waals surface area (Å²) >= 11 is 0. The maximum Gasteiger partial charge on any atom is 0.224 e. The van der Waals surface area contributed by atoms with Crippen LogP contribution < -0.4 is 5.32 Å². The SMILES string of the molecule is Cc1cccc(C)c1NC(=O)C[C@@H]1CCCN2CCCC[C@H]12. The second-order valence-electron chi connectivity index (χ2n) is 7.02. The largest absolute Gasteiger partial charge is 0.326 e. The van der Waals surface area contributed by atoms with E-state index in [0.717, 1.165) is 16.8 Å². The van der Waals surface area contributed by atoms with Crippen molar-refractivity contribution in [2.45, 2.75) is 58.4 Å². The summed E-state index contributed by atoms with van der Waals surface area (Å²) in [5.41, 5.74) is 3.30. The van der Waals surface area contributed by atoms with Gasteiger partial charge < -0.3 is 10.2 Å². The van der Waals surface area contributed by atoms with Gasteiger partial charge >= 0.3 is 0 Å². The lowest BCUT2D eigenvalue weighted by Gasteiger charge is -2.44. The molecule has 2 aliphatic rings. The Morgan fingerprint density at radius 3 is 2.64 bits per heavy atom. The third-order valence-corrected chi connectivity index (χ3v) is 5.42. The second kappa shape index (κ2) is 6.82. The number of nitrogens with zero attached hydrogens (tertiary/aromatic N) is 1. The lowest BCUT2D eigenvalue weighted by molar-refractivity contribution is -0.118. The number of aryl methyl sites for hydroxylation is 2. The van der Waals surface area contributed by atoms with Crippen LogP contribution in [0.4, 0.5) is 5.69 Å². The topological polar surface area (TPSA) is 32.3 Å². The van der Waals surface area contributed by atoms with Gasteiger partial charge in [-0.2, -0.15) is 0 Å². The molecule has 3 rings (SSSR count). The minimum absolute atomic E-state index is 0.190. The Hall–Kier alpha value is -1.35. The third-order valence-electron chi connectivity index (χ3n) is 5.42. The predicted octanol–water partition coefficient (Wildman–Crippen LogP) is 3.90. The molecular formula is C19H28N2O. The molecule has 22 heavy (non-hydrogen) atoms. The minimum atomic E-state index is 0.190. The number of anilines is 1. The molecule has 0 radical (unpaired) electrons. The number of nitrogens with one attached hydrogen (secondary N) is 1. The number of carbonyl (C=O) groups excluding carboxylic acids is 1. The van der Waals surface area contributed by atoms with E-state index < -0.39 is 0 Å². The molecule has 1 N–H and O–H groups in total. The summed E-state index contributed by atoms with van der Waals surface area (Å²) in [7, 11) is 0. The average Bonchev–Trinajstić information content (AvgIpc) is 2.51. The van der Waals surface area contributed by atoms with Crippen LogP contribution in [-0.4, -0.2) is 29.9 Å². The first-order valence-electron chi connectivity index (χ1n) is 8.75. The maximum absolute atomic E-state index is 12.5. The van der Waals surface area contributed by atoms with Gasteiger partial charge in [-0.1, -0.05) is 24.6 Å². The fourth-order valence-corrected chi connectivity index (χ4v) is 4.26. The molecule has 2 heterocycles. The number of hydrogen-bond acceptors (Lipinski definition) is 2. The van der Waals surface area contributed by atoms with E-state index in [1.54, 1.807) is 0 Å². The third kappa shape index (κ3) is 3.35. The molecule has 0 bridgehead atoms. The first kappa shape index (κ1) is 15.5. The van der Waals surface area contributed by atoms with Gasteiger partial charge in [0.05, 0.1) is 0 Å². The van der Waals surface area contributed by atoms with E-state index >= 15 is 0 Å². The molecule has 120 valence electrons. The zero-order valence-electron chi connectivity index (χ0n) is 13.9. The van der Waals surface area contributed by atoms with Crippen molar-refractivity contribution in [1.82, 2.24) is 4.90 Å². The van der Waals surface area contributed by atoms with Crippen molar-refractivity contribution in [2.24, 2.45) is 5.92 Å². The van der Waals surface area contributed by atoms with Gasteiger partial charge in [0.2, 0.25) is 5.91 Å². The fraction of sp³-hybridized carbons (Fsp3) is 0.632. The van der Waals surface area contributed by atoms with Crippen LogP contribution in [0.3, 0.4) is 0 Å². The van der Waals surface area contributed by atoms with E-state index in [0.29, 0.717) is 18.4 Å². The van der Waals surface area contributed by atoms with Crippen molar-refractivity contribution in [3.05, 3.63) is 29.3 Å². The Kier molecular flexibility index (Phi) is 4.82. The van der Waals surface area contributed by atoms with E-state index in [1.807, 2.05) is 6.07 Å². The first-order chi connectivity index (χ1) is 10.6. The zero-order chi connectivity index (χ0) is 15.5. The van der Waals surface area contributed by atoms with Crippen molar-refractivity contribution in [1.29, 1.82) is 0 Å². The van der Waals surface area contributed by atoms with Gasteiger partial charge in [-0.15, -0.1) is 0 Å². The molecule has 0 aliphatic carbocycles. The number of carbonyl (C=O) groups is 1. The van der Waals surface area contributed by atoms with Crippen LogP contribution in [0.1, 0.15) is 49.7 Å². The van der Waals surface area contributed by atoms with Crippen molar-refractivity contribution >= 4 is 11.6 Å². The normalized spacial score (nSPS) is 25.5. The van der Waals surface area contributed by atoms with Crippen molar-refractivity contribution in [3.8, 4) is 0 Å². The number of para-hydroxylation sites is 1. The van der Waals surface area contributed by atoms with Crippen LogP contribution in [0, 0.1) is 19.8 Å². The lowest BCUT2D eigenvalue weighted by Crippen LogP contribution is -2.48. The minimum Gasteiger partial charge on any atom is -0.326 e. The standard InChI is InChI=1S/C19H28N2O/c1-14-7-5-8-15(2)19(14)20-18(22)13-16-9-6-12-21-11-4-3-10-17(16)21/h5,7-8,16-17H,3-4,6,9-13H2,1-2H3,(H,20,22)/t16-,17+/m0/s1. The molecular weight excluding hydrogens is 272 g/mol. The van der Waals surface area contributed by atoms with Crippen LogP contribution in [-0.2, 0) is 4.79 Å². The van der Waals surface area contributed by atoms with Gasteiger partial charge in [-0.3, -0.25) is 4.79 Å². The molecule has 1 amide bonds. The van der Waals surface area contributed by atoms with Crippen LogP contribution in [0.5, 0.6) is 0 Å². The zero-order valence-corrected chi connectivity index (χ0v) is 13.9. The van der Waals surface area contributed by atoms with Gasteiger partial charge in [-0.25, -0.2) is 0 Å². The smallest absolute Gasteiger partial charge is 0.224 e. The molecule has 3 heteroatoms. The highest BCUT2D eigenvalue weighted by Crippen LogP contribution is 2.33. The number of benzene rings is 1. The average molecular weight is 300 g/mol. The number of amides is 1. The molecule has 0 unspecified atom stereocenters. The number of rotatable bonds is 3. The molecule has 2 aliphatic heterocycles. The summed E-state index contributed by atoms with van der Waals surface area (Å²) in [4.78, 5) is 15.2. The molecule has 2 saturated heterocycles. The molecule has 0 spiro atoms. The van der Waals surface area contributed by atoms with Crippen molar-refractivity contribution in [3.63, 3.8) is 0 Å². The highest BCUT2D eigenvalue weighted by Gasteiger charge is 2.34. The van der Waals surface area contributed by atoms with E-state index in [9.17, 15) is 4.79 Å². The van der Waals surface area contributed by atoms with Gasteiger partial charge in [0.1, 0.15) is 0 Å². The first-order valence-corrected chi connectivity index (χ1v) is 8.75. The Morgan fingerprint density at radius 1 is 1.14 bits per heavy atom. The number of hydrogen-bond donors (Lipinski definition) is 1. The highest BCUT2D eigenvalue weighted by molar-refractivity contribution is 5.92. The molecule has 1 aromatic carbocycles. The molecule has 0 aromatic heterocycles. The van der Waals surface area contributed by atoms with E-state index in [-0.39, 0.29) is 5.91 Å². The van der Waals surface area contributed by atoms with Gasteiger partial charge in [0, 0.05) is 18.2 Å². The second-order valence-corrected chi connectivity index (χ2v) is 7.02. The maximum atomic E-state index is 12.5.